The first-order valence-electron chi connectivity index (χ1n) is 10.9. The summed E-state index contributed by atoms with van der Waals surface area (Å²) in [6.45, 7) is 3.78. The third-order valence-electron chi connectivity index (χ3n) is 5.29. The molecule has 0 fully saturated rings. The number of rotatable bonds is 8. The summed E-state index contributed by atoms with van der Waals surface area (Å²) in [7, 11) is 4.01. The van der Waals surface area contributed by atoms with Gasteiger partial charge in [-0.05, 0) is 63.5 Å². The molecule has 0 spiro atoms. The first kappa shape index (κ1) is 24.0. The molecule has 1 N–H and O–H groups in total. The average molecular weight is 498 g/mol. The van der Waals surface area contributed by atoms with E-state index in [0.29, 0.717) is 51.3 Å². The number of benzene rings is 2. The number of hydrogen-bond acceptors (Lipinski definition) is 6. The predicted octanol–water partition coefficient (Wildman–Crippen LogP) is 5.47. The van der Waals surface area contributed by atoms with Crippen LogP contribution in [0.3, 0.4) is 0 Å². The molecular formula is C25H25Cl2N5O2. The second-order valence-corrected chi connectivity index (χ2v) is 8.79. The quantitative estimate of drug-likeness (QED) is 0.348. The van der Waals surface area contributed by atoms with E-state index in [1.165, 1.54) is 0 Å². The Kier molecular flexibility index (Phi) is 7.36. The predicted molar refractivity (Wildman–Crippen MR) is 139 cm³/mol. The third-order valence-corrected chi connectivity index (χ3v) is 5.92. The summed E-state index contributed by atoms with van der Waals surface area (Å²) >= 11 is 12.7. The fourth-order valence-electron chi connectivity index (χ4n) is 3.56. The number of fused-ring (bicyclic) bond motifs is 1. The summed E-state index contributed by atoms with van der Waals surface area (Å²) in [5.41, 5.74) is 2.05. The van der Waals surface area contributed by atoms with Crippen LogP contribution in [-0.2, 0) is 6.54 Å². The van der Waals surface area contributed by atoms with E-state index in [4.69, 9.17) is 27.9 Å². The first-order chi connectivity index (χ1) is 16.4. The van der Waals surface area contributed by atoms with Crippen molar-refractivity contribution in [1.29, 1.82) is 0 Å². The molecule has 2 aromatic heterocycles. The minimum absolute atomic E-state index is 0.214. The molecule has 4 aromatic rings. The van der Waals surface area contributed by atoms with Gasteiger partial charge in [0, 0.05) is 35.9 Å². The highest BCUT2D eigenvalue weighted by Crippen LogP contribution is 2.34. The minimum atomic E-state index is -0.214. The van der Waals surface area contributed by atoms with Crippen molar-refractivity contribution in [2.75, 3.05) is 32.6 Å². The van der Waals surface area contributed by atoms with Gasteiger partial charge in [-0.3, -0.25) is 9.36 Å². The van der Waals surface area contributed by atoms with Crippen LogP contribution < -0.4 is 15.6 Å². The topological polar surface area (TPSA) is 72.3 Å². The molecule has 4 rings (SSSR count). The summed E-state index contributed by atoms with van der Waals surface area (Å²) < 4.78 is 7.33. The molecule has 0 aliphatic carbocycles. The minimum Gasteiger partial charge on any atom is -0.492 e. The Morgan fingerprint density at radius 3 is 2.44 bits per heavy atom. The molecule has 2 heterocycles. The molecule has 0 unspecified atom stereocenters. The molecule has 0 atom stereocenters. The Hall–Kier alpha value is -3.13. The van der Waals surface area contributed by atoms with Gasteiger partial charge in [-0.15, -0.1) is 0 Å². The molecule has 9 heteroatoms. The summed E-state index contributed by atoms with van der Waals surface area (Å²) in [6.07, 6.45) is 1.68. The second-order valence-electron chi connectivity index (χ2n) is 7.98. The zero-order chi connectivity index (χ0) is 24.2. The zero-order valence-electron chi connectivity index (χ0n) is 19.2. The molecule has 0 amide bonds. The van der Waals surface area contributed by atoms with Gasteiger partial charge in [0.2, 0.25) is 5.95 Å². The Morgan fingerprint density at radius 2 is 1.79 bits per heavy atom. The molecule has 0 radical (unpaired) electrons. The van der Waals surface area contributed by atoms with Crippen LogP contribution in [0.15, 0.2) is 59.5 Å². The number of nitrogens with zero attached hydrogens (tertiary/aromatic N) is 4. The van der Waals surface area contributed by atoms with Crippen molar-refractivity contribution in [3.05, 3.63) is 75.1 Å². The number of likely N-dealkylation sites (N-methyl/N-ethyl adjacent to an activating group) is 1. The van der Waals surface area contributed by atoms with Gasteiger partial charge in [-0.2, -0.15) is 4.98 Å². The molecule has 0 aliphatic rings. The van der Waals surface area contributed by atoms with E-state index in [1.54, 1.807) is 35.0 Å². The molecule has 0 saturated heterocycles. The van der Waals surface area contributed by atoms with Crippen molar-refractivity contribution in [3.63, 3.8) is 0 Å². The number of aryl methyl sites for hydroxylation is 1. The van der Waals surface area contributed by atoms with E-state index >= 15 is 0 Å². The van der Waals surface area contributed by atoms with E-state index in [-0.39, 0.29) is 5.56 Å². The van der Waals surface area contributed by atoms with Crippen LogP contribution in [0.4, 0.5) is 11.6 Å². The lowest BCUT2D eigenvalue weighted by Gasteiger charge is -2.14. The molecular weight excluding hydrogens is 473 g/mol. The van der Waals surface area contributed by atoms with Gasteiger partial charge < -0.3 is 15.0 Å². The lowest BCUT2D eigenvalue weighted by atomic mass is 10.1. The highest BCUT2D eigenvalue weighted by molar-refractivity contribution is 6.39. The maximum Gasteiger partial charge on any atom is 0.260 e. The van der Waals surface area contributed by atoms with Crippen molar-refractivity contribution in [2.24, 2.45) is 0 Å². The number of nitrogens with one attached hydrogen (secondary N) is 1. The van der Waals surface area contributed by atoms with E-state index in [1.807, 2.05) is 45.3 Å². The lowest BCUT2D eigenvalue weighted by Crippen LogP contribution is -2.22. The van der Waals surface area contributed by atoms with Gasteiger partial charge in [0.1, 0.15) is 18.0 Å². The highest BCUT2D eigenvalue weighted by atomic mass is 35.5. The average Bonchev–Trinajstić information content (AvgIpc) is 2.80. The van der Waals surface area contributed by atoms with Gasteiger partial charge >= 0.3 is 0 Å². The fraction of sp³-hybridized carbons (Fsp3) is 0.240. The number of anilines is 2. The molecule has 7 nitrogen and oxygen atoms in total. The largest absolute Gasteiger partial charge is 0.492 e. The van der Waals surface area contributed by atoms with Crippen LogP contribution in [0.25, 0.3) is 22.2 Å². The number of hydrogen-bond donors (Lipinski definition) is 1. The van der Waals surface area contributed by atoms with Gasteiger partial charge in [-0.1, -0.05) is 29.3 Å². The van der Waals surface area contributed by atoms with Crippen LogP contribution in [0.2, 0.25) is 10.0 Å². The van der Waals surface area contributed by atoms with E-state index in [0.717, 1.165) is 18.0 Å². The molecule has 0 bridgehead atoms. The maximum absolute atomic E-state index is 13.3. The van der Waals surface area contributed by atoms with Crippen molar-refractivity contribution in [1.82, 2.24) is 19.4 Å². The smallest absolute Gasteiger partial charge is 0.260 e. The van der Waals surface area contributed by atoms with Crippen LogP contribution in [0, 0.1) is 0 Å². The highest BCUT2D eigenvalue weighted by Gasteiger charge is 2.17. The van der Waals surface area contributed by atoms with Gasteiger partial charge in [0.15, 0.2) is 0 Å². The molecule has 0 saturated carbocycles. The number of ether oxygens (including phenoxy) is 1. The second kappa shape index (κ2) is 10.4. The number of halogens is 2. The van der Waals surface area contributed by atoms with Crippen molar-refractivity contribution in [3.8, 4) is 16.9 Å². The van der Waals surface area contributed by atoms with Gasteiger partial charge in [-0.25, -0.2) is 4.98 Å². The SMILES string of the molecule is CCn1c(=O)c(-c2c(Cl)cccc2Cl)cc2cnc(Nc3ccc(OCCN(C)C)cc3)nc21. The monoisotopic (exact) mass is 497 g/mol. The summed E-state index contributed by atoms with van der Waals surface area (Å²) in [5, 5.41) is 4.73. The lowest BCUT2D eigenvalue weighted by molar-refractivity contribution is 0.261. The van der Waals surface area contributed by atoms with Crippen molar-refractivity contribution in [2.45, 2.75) is 13.5 Å². The number of pyridine rings is 1. The standard InChI is InChI=1S/C25H25Cl2N5O2/c1-4-32-23-16(14-19(24(32)33)22-20(26)6-5-7-21(22)27)15-28-25(30-23)29-17-8-10-18(11-9-17)34-13-12-31(2)3/h5-11,14-15H,4,12-13H2,1-3H3,(H,28,29,30). The van der Waals surface area contributed by atoms with E-state index < -0.39 is 0 Å². The Morgan fingerprint density at radius 1 is 1.09 bits per heavy atom. The Bertz CT molecular complexity index is 1350. The Labute approximate surface area is 207 Å². The van der Waals surface area contributed by atoms with E-state index in [9.17, 15) is 4.79 Å². The summed E-state index contributed by atoms with van der Waals surface area (Å²) in [6, 6.07) is 14.5. The van der Waals surface area contributed by atoms with Crippen LogP contribution in [0.5, 0.6) is 5.75 Å². The van der Waals surface area contributed by atoms with Crippen LogP contribution >= 0.6 is 23.2 Å². The van der Waals surface area contributed by atoms with Crippen LogP contribution in [-0.4, -0.2) is 46.7 Å². The molecule has 176 valence electrons. The zero-order valence-corrected chi connectivity index (χ0v) is 20.7. The maximum atomic E-state index is 13.3. The molecule has 2 aromatic carbocycles. The van der Waals surface area contributed by atoms with Crippen LogP contribution in [0.1, 0.15) is 6.92 Å². The first-order valence-corrected chi connectivity index (χ1v) is 11.6. The third kappa shape index (κ3) is 5.17. The van der Waals surface area contributed by atoms with Gasteiger partial charge in [0.25, 0.3) is 5.56 Å². The molecule has 0 aliphatic heterocycles. The van der Waals surface area contributed by atoms with Crippen molar-refractivity contribution < 1.29 is 4.74 Å². The fourth-order valence-corrected chi connectivity index (χ4v) is 4.16. The summed E-state index contributed by atoms with van der Waals surface area (Å²) in [5.74, 6) is 1.18. The molecule has 34 heavy (non-hydrogen) atoms. The normalized spacial score (nSPS) is 11.2. The summed E-state index contributed by atoms with van der Waals surface area (Å²) in [4.78, 5) is 24.4. The van der Waals surface area contributed by atoms with Crippen molar-refractivity contribution >= 4 is 45.9 Å². The Balaban J connectivity index is 1.64. The van der Waals surface area contributed by atoms with E-state index in [2.05, 4.69) is 20.2 Å². The number of aromatic nitrogens is 3. The van der Waals surface area contributed by atoms with Gasteiger partial charge in [0.05, 0.1) is 15.6 Å².